The van der Waals surface area contributed by atoms with Crippen molar-refractivity contribution in [2.24, 2.45) is 11.8 Å². The van der Waals surface area contributed by atoms with Crippen molar-refractivity contribution in [2.75, 3.05) is 13.2 Å². The Morgan fingerprint density at radius 3 is 1.94 bits per heavy atom. The van der Waals surface area contributed by atoms with E-state index in [1.165, 1.54) is 4.90 Å². The normalized spacial score (nSPS) is 14.3. The fourth-order valence-electron chi connectivity index (χ4n) is 4.84. The molecule has 0 radical (unpaired) electrons. The van der Waals surface area contributed by atoms with Crippen molar-refractivity contribution in [3.05, 3.63) is 59.7 Å². The smallest absolute Gasteiger partial charge is 0.407 e. The van der Waals surface area contributed by atoms with Crippen LogP contribution in [0.15, 0.2) is 48.5 Å². The summed E-state index contributed by atoms with van der Waals surface area (Å²) in [6, 6.07) is 15.4. The molecule has 2 aromatic rings. The molecular formula is C27H34N2O5. The molecule has 7 nitrogen and oxygen atoms in total. The largest absolute Gasteiger partial charge is 0.480 e. The number of carboxylic acid groups (broad SMARTS) is 1. The van der Waals surface area contributed by atoms with E-state index in [0.29, 0.717) is 0 Å². The van der Waals surface area contributed by atoms with E-state index in [4.69, 9.17) is 4.74 Å². The van der Waals surface area contributed by atoms with E-state index < -0.39 is 24.0 Å². The molecule has 0 saturated heterocycles. The van der Waals surface area contributed by atoms with Crippen LogP contribution < -0.4 is 5.32 Å². The monoisotopic (exact) mass is 466 g/mol. The second-order valence-corrected chi connectivity index (χ2v) is 9.48. The van der Waals surface area contributed by atoms with Crippen LogP contribution in [0.5, 0.6) is 0 Å². The number of carbonyl (C=O) groups is 3. The number of ether oxygens (including phenoxy) is 1. The van der Waals surface area contributed by atoms with Crippen LogP contribution in [-0.4, -0.2) is 53.2 Å². The summed E-state index contributed by atoms with van der Waals surface area (Å²) < 4.78 is 5.62. The molecule has 3 rings (SSSR count). The van der Waals surface area contributed by atoms with Gasteiger partial charge in [0.15, 0.2) is 0 Å². The number of carboxylic acids is 1. The SMILES string of the molecule is CC(C)C(C(=O)N(CC(=O)O)C(C)C)C(C)NC(=O)OCC1c2ccccc2-c2ccccc21. The van der Waals surface area contributed by atoms with E-state index in [-0.39, 0.29) is 36.9 Å². The van der Waals surface area contributed by atoms with Crippen LogP contribution in [0.3, 0.4) is 0 Å². The molecule has 0 heterocycles. The first-order valence-corrected chi connectivity index (χ1v) is 11.8. The Kier molecular flexibility index (Phi) is 7.97. The first-order chi connectivity index (χ1) is 16.1. The zero-order valence-corrected chi connectivity index (χ0v) is 20.4. The summed E-state index contributed by atoms with van der Waals surface area (Å²) in [4.78, 5) is 38.5. The summed E-state index contributed by atoms with van der Waals surface area (Å²) in [5.74, 6) is -2.10. The van der Waals surface area contributed by atoms with Crippen LogP contribution >= 0.6 is 0 Å². The van der Waals surface area contributed by atoms with Crippen molar-refractivity contribution in [1.82, 2.24) is 10.2 Å². The van der Waals surface area contributed by atoms with Crippen LogP contribution in [0.2, 0.25) is 0 Å². The van der Waals surface area contributed by atoms with Crippen LogP contribution in [0, 0.1) is 11.8 Å². The van der Waals surface area contributed by atoms with Crippen LogP contribution in [0.25, 0.3) is 11.1 Å². The van der Waals surface area contributed by atoms with Gasteiger partial charge < -0.3 is 20.1 Å². The summed E-state index contributed by atoms with van der Waals surface area (Å²) in [7, 11) is 0. The minimum atomic E-state index is -1.07. The standard InChI is InChI=1S/C27H34N2O5/c1-16(2)25(26(32)29(17(3)4)14-24(30)31)18(5)28-27(33)34-15-23-21-12-8-6-10-19(21)20-11-7-9-13-22(20)23/h6-13,16-18,23,25H,14-15H2,1-5H3,(H,28,33)(H,30,31). The number of hydrogen-bond donors (Lipinski definition) is 2. The lowest BCUT2D eigenvalue weighted by molar-refractivity contribution is -0.149. The van der Waals surface area contributed by atoms with Crippen molar-refractivity contribution < 1.29 is 24.2 Å². The van der Waals surface area contributed by atoms with Gasteiger partial charge in [0, 0.05) is 18.0 Å². The van der Waals surface area contributed by atoms with E-state index in [1.807, 2.05) is 38.1 Å². The Bertz CT molecular complexity index is 1000. The average molecular weight is 467 g/mol. The summed E-state index contributed by atoms with van der Waals surface area (Å²) in [6.45, 7) is 8.89. The first-order valence-electron chi connectivity index (χ1n) is 11.8. The van der Waals surface area contributed by atoms with Crippen molar-refractivity contribution in [3.63, 3.8) is 0 Å². The van der Waals surface area contributed by atoms with Gasteiger partial charge in [0.2, 0.25) is 5.91 Å². The molecule has 0 aliphatic heterocycles. The van der Waals surface area contributed by atoms with Gasteiger partial charge in [-0.2, -0.15) is 0 Å². The Hall–Kier alpha value is -3.35. The Labute approximate surface area is 201 Å². The summed E-state index contributed by atoms with van der Waals surface area (Å²) in [5, 5.41) is 12.0. The van der Waals surface area contributed by atoms with Crippen LogP contribution in [0.1, 0.15) is 51.7 Å². The van der Waals surface area contributed by atoms with Gasteiger partial charge in [0.1, 0.15) is 13.2 Å². The molecule has 7 heteroatoms. The molecule has 182 valence electrons. The van der Waals surface area contributed by atoms with E-state index in [1.54, 1.807) is 20.8 Å². The third kappa shape index (κ3) is 5.41. The number of nitrogens with zero attached hydrogens (tertiary/aromatic N) is 1. The molecular weight excluding hydrogens is 432 g/mol. The first kappa shape index (κ1) is 25.3. The number of benzene rings is 2. The maximum absolute atomic E-state index is 13.2. The minimum Gasteiger partial charge on any atom is -0.480 e. The highest BCUT2D eigenvalue weighted by Crippen LogP contribution is 2.44. The Morgan fingerprint density at radius 2 is 1.47 bits per heavy atom. The van der Waals surface area contributed by atoms with Gasteiger partial charge in [0.05, 0.1) is 5.92 Å². The summed E-state index contributed by atoms with van der Waals surface area (Å²) >= 11 is 0. The van der Waals surface area contributed by atoms with Crippen molar-refractivity contribution in [2.45, 2.75) is 52.6 Å². The predicted molar refractivity (Wildman–Crippen MR) is 130 cm³/mol. The molecule has 0 bridgehead atoms. The number of carbonyl (C=O) groups excluding carboxylic acids is 2. The molecule has 0 spiro atoms. The van der Waals surface area contributed by atoms with Gasteiger partial charge in [-0.05, 0) is 48.9 Å². The molecule has 0 fully saturated rings. The van der Waals surface area contributed by atoms with Gasteiger partial charge in [0.25, 0.3) is 0 Å². The Balaban J connectivity index is 1.68. The molecule has 2 atom stereocenters. The number of fused-ring (bicyclic) bond motifs is 3. The van der Waals surface area contributed by atoms with Crippen molar-refractivity contribution in [3.8, 4) is 11.1 Å². The second-order valence-electron chi connectivity index (χ2n) is 9.48. The molecule has 2 aromatic carbocycles. The number of alkyl carbamates (subject to hydrolysis) is 1. The zero-order chi connectivity index (χ0) is 25.0. The molecule has 1 aliphatic carbocycles. The van der Waals surface area contributed by atoms with Crippen molar-refractivity contribution >= 4 is 18.0 Å². The van der Waals surface area contributed by atoms with E-state index in [0.717, 1.165) is 22.3 Å². The van der Waals surface area contributed by atoms with E-state index >= 15 is 0 Å². The summed E-state index contributed by atoms with van der Waals surface area (Å²) in [6.07, 6.45) is -0.595. The Morgan fingerprint density at radius 1 is 0.941 bits per heavy atom. The summed E-state index contributed by atoms with van der Waals surface area (Å²) in [5.41, 5.74) is 4.55. The van der Waals surface area contributed by atoms with Crippen LogP contribution in [0.4, 0.5) is 4.79 Å². The minimum absolute atomic E-state index is 0.0528. The molecule has 2 amide bonds. The van der Waals surface area contributed by atoms with E-state index in [2.05, 4.69) is 29.6 Å². The molecule has 2 unspecified atom stereocenters. The highest BCUT2D eigenvalue weighted by molar-refractivity contribution is 5.84. The molecule has 1 aliphatic rings. The number of rotatable bonds is 9. The van der Waals surface area contributed by atoms with E-state index in [9.17, 15) is 19.5 Å². The topological polar surface area (TPSA) is 95.9 Å². The predicted octanol–water partition coefficient (Wildman–Crippen LogP) is 4.51. The van der Waals surface area contributed by atoms with Crippen molar-refractivity contribution in [1.29, 1.82) is 0 Å². The molecule has 34 heavy (non-hydrogen) atoms. The average Bonchev–Trinajstić information content (AvgIpc) is 3.09. The third-order valence-electron chi connectivity index (χ3n) is 6.44. The zero-order valence-electron chi connectivity index (χ0n) is 20.4. The number of hydrogen-bond acceptors (Lipinski definition) is 4. The number of nitrogens with one attached hydrogen (secondary N) is 1. The molecule has 2 N–H and O–H groups in total. The number of aliphatic carboxylic acids is 1. The number of amides is 2. The lowest BCUT2D eigenvalue weighted by Crippen LogP contribution is -2.51. The van der Waals surface area contributed by atoms with Gasteiger partial charge in [-0.25, -0.2) is 4.79 Å². The third-order valence-corrected chi connectivity index (χ3v) is 6.44. The molecule has 0 aromatic heterocycles. The van der Waals surface area contributed by atoms with Gasteiger partial charge >= 0.3 is 12.1 Å². The second kappa shape index (κ2) is 10.7. The van der Waals surface area contributed by atoms with Crippen LogP contribution in [-0.2, 0) is 14.3 Å². The quantitative estimate of drug-likeness (QED) is 0.567. The fraction of sp³-hybridized carbons (Fsp3) is 0.444. The maximum atomic E-state index is 13.2. The highest BCUT2D eigenvalue weighted by Gasteiger charge is 2.35. The fourth-order valence-corrected chi connectivity index (χ4v) is 4.84. The lowest BCUT2D eigenvalue weighted by Gasteiger charge is -2.34. The molecule has 0 saturated carbocycles. The van der Waals surface area contributed by atoms with Gasteiger partial charge in [-0.3, -0.25) is 9.59 Å². The van der Waals surface area contributed by atoms with Gasteiger partial charge in [-0.1, -0.05) is 62.4 Å². The maximum Gasteiger partial charge on any atom is 0.407 e. The van der Waals surface area contributed by atoms with Gasteiger partial charge in [-0.15, -0.1) is 0 Å². The highest BCUT2D eigenvalue weighted by atomic mass is 16.5. The lowest BCUT2D eigenvalue weighted by atomic mass is 9.87.